The zero-order valence-corrected chi connectivity index (χ0v) is 13.5. The van der Waals surface area contributed by atoms with Gasteiger partial charge >= 0.3 is 0 Å². The Bertz CT molecular complexity index is 741. The summed E-state index contributed by atoms with van der Waals surface area (Å²) in [6.07, 6.45) is 2.20. The van der Waals surface area contributed by atoms with E-state index in [0.717, 1.165) is 36.3 Å². The van der Waals surface area contributed by atoms with Crippen LogP contribution in [0.2, 0.25) is 0 Å². The Kier molecular flexibility index (Phi) is 4.79. The highest BCUT2D eigenvalue weighted by atomic mass is 16.2. The van der Waals surface area contributed by atoms with Crippen LogP contribution in [0.1, 0.15) is 28.8 Å². The van der Waals surface area contributed by atoms with E-state index in [1.807, 2.05) is 36.4 Å². The molecule has 0 spiro atoms. The third-order valence-electron chi connectivity index (χ3n) is 4.17. The average molecular weight is 323 g/mol. The molecule has 0 atom stereocenters. The molecule has 5 heteroatoms. The van der Waals surface area contributed by atoms with Crippen molar-refractivity contribution in [2.45, 2.75) is 19.3 Å². The minimum atomic E-state index is -0.126. The van der Waals surface area contributed by atoms with E-state index < -0.39 is 0 Å². The van der Waals surface area contributed by atoms with Gasteiger partial charge in [0.15, 0.2) is 0 Å². The summed E-state index contributed by atoms with van der Waals surface area (Å²) in [4.78, 5) is 25.9. The molecule has 2 aromatic rings. The van der Waals surface area contributed by atoms with Crippen LogP contribution in [0, 0.1) is 0 Å². The summed E-state index contributed by atoms with van der Waals surface area (Å²) in [5.41, 5.74) is 8.88. The van der Waals surface area contributed by atoms with E-state index in [1.54, 1.807) is 17.0 Å². The lowest BCUT2D eigenvalue weighted by Gasteiger charge is -2.16. The Labute approximate surface area is 141 Å². The molecule has 5 nitrogen and oxygen atoms in total. The molecule has 3 rings (SSSR count). The van der Waals surface area contributed by atoms with E-state index in [4.69, 9.17) is 5.73 Å². The van der Waals surface area contributed by atoms with Crippen LogP contribution in [0.15, 0.2) is 48.5 Å². The molecule has 1 aliphatic heterocycles. The van der Waals surface area contributed by atoms with Crippen LogP contribution in [0.5, 0.6) is 0 Å². The van der Waals surface area contributed by atoms with E-state index in [2.05, 4.69) is 5.32 Å². The number of carbonyl (C=O) groups excluding carboxylic acids is 2. The van der Waals surface area contributed by atoms with E-state index in [9.17, 15) is 9.59 Å². The first-order chi connectivity index (χ1) is 11.6. The van der Waals surface area contributed by atoms with Crippen molar-refractivity contribution in [2.75, 3.05) is 23.7 Å². The maximum Gasteiger partial charge on any atom is 0.251 e. The number of nitrogens with zero attached hydrogens (tertiary/aromatic N) is 1. The van der Waals surface area contributed by atoms with E-state index in [0.29, 0.717) is 18.5 Å². The van der Waals surface area contributed by atoms with Gasteiger partial charge in [0.05, 0.1) is 0 Å². The quantitative estimate of drug-likeness (QED) is 0.830. The number of rotatable bonds is 5. The van der Waals surface area contributed by atoms with Crippen LogP contribution in [-0.4, -0.2) is 24.9 Å². The fourth-order valence-electron chi connectivity index (χ4n) is 2.84. The molecule has 2 amide bonds. The van der Waals surface area contributed by atoms with Gasteiger partial charge in [0.2, 0.25) is 5.91 Å². The molecule has 1 heterocycles. The van der Waals surface area contributed by atoms with Gasteiger partial charge in [0.1, 0.15) is 0 Å². The molecular weight excluding hydrogens is 302 g/mol. The largest absolute Gasteiger partial charge is 0.399 e. The number of nitrogen functional groups attached to an aromatic ring is 1. The Morgan fingerprint density at radius 2 is 1.96 bits per heavy atom. The first kappa shape index (κ1) is 16.1. The van der Waals surface area contributed by atoms with Crippen molar-refractivity contribution in [1.82, 2.24) is 5.32 Å². The minimum absolute atomic E-state index is 0.121. The Morgan fingerprint density at radius 1 is 1.17 bits per heavy atom. The molecule has 1 saturated heterocycles. The van der Waals surface area contributed by atoms with Crippen LogP contribution in [-0.2, 0) is 11.2 Å². The van der Waals surface area contributed by atoms with E-state index >= 15 is 0 Å². The van der Waals surface area contributed by atoms with Gasteiger partial charge in [-0.25, -0.2) is 0 Å². The second-order valence-corrected chi connectivity index (χ2v) is 5.95. The molecule has 0 bridgehead atoms. The molecule has 24 heavy (non-hydrogen) atoms. The van der Waals surface area contributed by atoms with Crippen LogP contribution in [0.3, 0.4) is 0 Å². The normalized spacial score (nSPS) is 14.0. The van der Waals surface area contributed by atoms with Crippen molar-refractivity contribution in [1.29, 1.82) is 0 Å². The highest BCUT2D eigenvalue weighted by Gasteiger charge is 2.22. The zero-order valence-electron chi connectivity index (χ0n) is 13.5. The van der Waals surface area contributed by atoms with Crippen molar-refractivity contribution >= 4 is 23.2 Å². The number of benzene rings is 2. The first-order valence-electron chi connectivity index (χ1n) is 8.16. The van der Waals surface area contributed by atoms with Crippen molar-refractivity contribution in [3.8, 4) is 0 Å². The molecule has 1 aliphatic rings. The molecule has 1 fully saturated rings. The molecule has 0 aromatic heterocycles. The summed E-state index contributed by atoms with van der Waals surface area (Å²) in [7, 11) is 0. The lowest BCUT2D eigenvalue weighted by Crippen LogP contribution is -2.27. The van der Waals surface area contributed by atoms with Crippen LogP contribution in [0.25, 0.3) is 0 Å². The van der Waals surface area contributed by atoms with Gasteiger partial charge in [0, 0.05) is 36.4 Å². The van der Waals surface area contributed by atoms with Gasteiger partial charge in [-0.2, -0.15) is 0 Å². The molecule has 2 aromatic carbocycles. The van der Waals surface area contributed by atoms with Crippen LogP contribution in [0.4, 0.5) is 11.4 Å². The van der Waals surface area contributed by atoms with E-state index in [-0.39, 0.29) is 11.8 Å². The van der Waals surface area contributed by atoms with Crippen LogP contribution < -0.4 is 16.0 Å². The van der Waals surface area contributed by atoms with Gasteiger partial charge in [-0.05, 0) is 48.7 Å². The molecule has 0 radical (unpaired) electrons. The second kappa shape index (κ2) is 7.17. The van der Waals surface area contributed by atoms with Gasteiger partial charge in [-0.1, -0.05) is 18.2 Å². The predicted molar refractivity (Wildman–Crippen MR) is 94.9 cm³/mol. The molecule has 0 unspecified atom stereocenters. The van der Waals surface area contributed by atoms with Crippen LogP contribution >= 0.6 is 0 Å². The molecule has 0 saturated carbocycles. The molecule has 124 valence electrons. The lowest BCUT2D eigenvalue weighted by atomic mass is 10.1. The smallest absolute Gasteiger partial charge is 0.251 e. The number of hydrogen-bond acceptors (Lipinski definition) is 3. The molecular formula is C19H21N3O2. The third kappa shape index (κ3) is 3.74. The predicted octanol–water partition coefficient (Wildman–Crippen LogP) is 2.37. The Hall–Kier alpha value is -2.82. The van der Waals surface area contributed by atoms with Crippen molar-refractivity contribution < 1.29 is 9.59 Å². The van der Waals surface area contributed by atoms with Gasteiger partial charge in [0.25, 0.3) is 5.91 Å². The number of amides is 2. The number of hydrogen-bond donors (Lipinski definition) is 2. The van der Waals surface area contributed by atoms with E-state index in [1.165, 1.54) is 0 Å². The zero-order chi connectivity index (χ0) is 16.9. The first-order valence-corrected chi connectivity index (χ1v) is 8.16. The third-order valence-corrected chi connectivity index (χ3v) is 4.17. The fourth-order valence-corrected chi connectivity index (χ4v) is 2.84. The van der Waals surface area contributed by atoms with Gasteiger partial charge in [-0.3, -0.25) is 9.59 Å². The van der Waals surface area contributed by atoms with Gasteiger partial charge < -0.3 is 16.0 Å². The molecule has 0 aliphatic carbocycles. The average Bonchev–Trinajstić information content (AvgIpc) is 3.03. The summed E-state index contributed by atoms with van der Waals surface area (Å²) in [6.45, 7) is 1.27. The van der Waals surface area contributed by atoms with Crippen molar-refractivity contribution in [2.24, 2.45) is 0 Å². The highest BCUT2D eigenvalue weighted by molar-refractivity contribution is 5.99. The number of carbonyl (C=O) groups is 2. The summed E-state index contributed by atoms with van der Waals surface area (Å²) >= 11 is 0. The van der Waals surface area contributed by atoms with Crippen molar-refractivity contribution in [3.05, 3.63) is 59.7 Å². The summed E-state index contributed by atoms with van der Waals surface area (Å²) in [5, 5.41) is 2.92. The second-order valence-electron chi connectivity index (χ2n) is 5.95. The highest BCUT2D eigenvalue weighted by Crippen LogP contribution is 2.22. The number of nitrogens with one attached hydrogen (secondary N) is 1. The maximum absolute atomic E-state index is 12.3. The standard InChI is InChI=1S/C19H21N3O2/c20-16-8-6-14(7-9-16)10-11-21-19(24)15-3-1-4-17(13-15)22-12-2-5-18(22)23/h1,3-4,6-9,13H,2,5,10-12,20H2,(H,21,24). The summed E-state index contributed by atoms with van der Waals surface area (Å²) < 4.78 is 0. The summed E-state index contributed by atoms with van der Waals surface area (Å²) in [6, 6.07) is 14.9. The van der Waals surface area contributed by atoms with Gasteiger partial charge in [-0.15, -0.1) is 0 Å². The fraction of sp³-hybridized carbons (Fsp3) is 0.263. The Balaban J connectivity index is 1.58. The summed E-state index contributed by atoms with van der Waals surface area (Å²) in [5.74, 6) is -0.00477. The molecule has 3 N–H and O–H groups in total. The Morgan fingerprint density at radius 3 is 2.67 bits per heavy atom. The lowest BCUT2D eigenvalue weighted by molar-refractivity contribution is -0.117. The number of anilines is 2. The SMILES string of the molecule is Nc1ccc(CCNC(=O)c2cccc(N3CCCC3=O)c2)cc1. The number of nitrogens with two attached hydrogens (primary N) is 1. The topological polar surface area (TPSA) is 75.4 Å². The monoisotopic (exact) mass is 323 g/mol. The van der Waals surface area contributed by atoms with Crippen molar-refractivity contribution in [3.63, 3.8) is 0 Å². The maximum atomic E-state index is 12.3. The minimum Gasteiger partial charge on any atom is -0.399 e.